The summed E-state index contributed by atoms with van der Waals surface area (Å²) in [6.45, 7) is 0. The molecule has 0 radical (unpaired) electrons. The monoisotopic (exact) mass is 392 g/mol. The lowest BCUT2D eigenvalue weighted by atomic mass is 10.2. The minimum absolute atomic E-state index is 0.331. The third-order valence-electron chi connectivity index (χ3n) is 2.29. The summed E-state index contributed by atoms with van der Waals surface area (Å²) in [5.41, 5.74) is 7.50. The van der Waals surface area contributed by atoms with E-state index < -0.39 is 5.82 Å². The molecule has 0 unspecified atom stereocenters. The molecule has 0 amide bonds. The van der Waals surface area contributed by atoms with Crippen LogP contribution in [0.3, 0.4) is 0 Å². The van der Waals surface area contributed by atoms with E-state index in [0.29, 0.717) is 20.9 Å². The second-order valence-corrected chi connectivity index (χ2v) is 5.75. The first kappa shape index (κ1) is 13.6. The van der Waals surface area contributed by atoms with Crippen molar-refractivity contribution in [3.63, 3.8) is 0 Å². The highest BCUT2D eigenvalue weighted by atomic mass is 79.9. The zero-order valence-corrected chi connectivity index (χ0v) is 12.9. The van der Waals surface area contributed by atoms with Crippen LogP contribution in [0.25, 0.3) is 0 Å². The number of anilines is 3. The molecular formula is C12H8Br2ClFN2. The quantitative estimate of drug-likeness (QED) is 0.676. The molecule has 2 nitrogen and oxygen atoms in total. The molecule has 2 aromatic rings. The molecule has 2 aromatic carbocycles. The first-order chi connectivity index (χ1) is 8.47. The summed E-state index contributed by atoms with van der Waals surface area (Å²) in [6, 6.07) is 8.17. The Morgan fingerprint density at radius 2 is 1.78 bits per heavy atom. The Bertz CT molecular complexity index is 605. The zero-order chi connectivity index (χ0) is 13.3. The van der Waals surface area contributed by atoms with E-state index in [1.54, 1.807) is 18.2 Å². The van der Waals surface area contributed by atoms with Gasteiger partial charge in [0, 0.05) is 15.6 Å². The van der Waals surface area contributed by atoms with E-state index in [9.17, 15) is 4.39 Å². The molecule has 2 rings (SSSR count). The molecule has 0 aromatic heterocycles. The molecule has 0 aliphatic rings. The molecule has 0 atom stereocenters. The summed E-state index contributed by atoms with van der Waals surface area (Å²) in [7, 11) is 0. The Hall–Kier alpha value is -0.780. The van der Waals surface area contributed by atoms with Gasteiger partial charge in [0.15, 0.2) is 0 Å². The SMILES string of the molecule is Nc1cc(F)c(Br)cc1Nc1ccc(Cl)cc1Br. The Morgan fingerprint density at radius 3 is 2.44 bits per heavy atom. The first-order valence-corrected chi connectivity index (χ1v) is 6.90. The number of rotatable bonds is 2. The van der Waals surface area contributed by atoms with Gasteiger partial charge in [-0.1, -0.05) is 11.6 Å². The molecule has 6 heteroatoms. The molecule has 94 valence electrons. The highest BCUT2D eigenvalue weighted by molar-refractivity contribution is 9.10. The molecule has 0 bridgehead atoms. The lowest BCUT2D eigenvalue weighted by molar-refractivity contribution is 0.622. The van der Waals surface area contributed by atoms with Gasteiger partial charge in [0.05, 0.1) is 21.5 Å². The van der Waals surface area contributed by atoms with Gasteiger partial charge >= 0.3 is 0 Å². The lowest BCUT2D eigenvalue weighted by Crippen LogP contribution is -1.98. The molecular weight excluding hydrogens is 386 g/mol. The molecule has 0 fully saturated rings. The Labute approximate surface area is 126 Å². The van der Waals surface area contributed by atoms with Crippen molar-refractivity contribution in [2.75, 3.05) is 11.1 Å². The van der Waals surface area contributed by atoms with Crippen LogP contribution in [0.4, 0.5) is 21.5 Å². The fourth-order valence-corrected chi connectivity index (χ4v) is 2.53. The Morgan fingerprint density at radius 1 is 1.06 bits per heavy atom. The third-order valence-corrected chi connectivity index (χ3v) is 3.79. The number of nitrogens with two attached hydrogens (primary N) is 1. The van der Waals surface area contributed by atoms with Gasteiger partial charge in [-0.3, -0.25) is 0 Å². The van der Waals surface area contributed by atoms with Crippen LogP contribution in [-0.4, -0.2) is 0 Å². The Kier molecular flexibility index (Phi) is 4.14. The van der Waals surface area contributed by atoms with Gasteiger partial charge in [-0.2, -0.15) is 0 Å². The maximum Gasteiger partial charge on any atom is 0.139 e. The molecule has 3 N–H and O–H groups in total. The van der Waals surface area contributed by atoms with Crippen molar-refractivity contribution in [3.8, 4) is 0 Å². The van der Waals surface area contributed by atoms with Gasteiger partial charge < -0.3 is 11.1 Å². The highest BCUT2D eigenvalue weighted by Gasteiger charge is 2.08. The van der Waals surface area contributed by atoms with Gasteiger partial charge in [-0.15, -0.1) is 0 Å². The van der Waals surface area contributed by atoms with Gasteiger partial charge in [0.2, 0.25) is 0 Å². The van der Waals surface area contributed by atoms with Crippen LogP contribution in [-0.2, 0) is 0 Å². The minimum Gasteiger partial charge on any atom is -0.397 e. The summed E-state index contributed by atoms with van der Waals surface area (Å²) >= 11 is 12.4. The summed E-state index contributed by atoms with van der Waals surface area (Å²) in [4.78, 5) is 0. The number of halogens is 4. The molecule has 0 aliphatic carbocycles. The van der Waals surface area contributed by atoms with E-state index in [4.69, 9.17) is 17.3 Å². The number of benzene rings is 2. The molecule has 0 heterocycles. The minimum atomic E-state index is -0.395. The molecule has 0 saturated heterocycles. The average Bonchev–Trinajstić information content (AvgIpc) is 2.29. The van der Waals surface area contributed by atoms with E-state index >= 15 is 0 Å². The predicted molar refractivity (Wildman–Crippen MR) is 80.9 cm³/mol. The van der Waals surface area contributed by atoms with E-state index in [-0.39, 0.29) is 0 Å². The number of nitrogens with one attached hydrogen (secondary N) is 1. The second kappa shape index (κ2) is 5.47. The molecule has 0 spiro atoms. The maximum atomic E-state index is 13.2. The lowest BCUT2D eigenvalue weighted by Gasteiger charge is -2.12. The van der Waals surface area contributed by atoms with Crippen molar-refractivity contribution < 1.29 is 4.39 Å². The van der Waals surface area contributed by atoms with Gasteiger partial charge in [0.25, 0.3) is 0 Å². The van der Waals surface area contributed by atoms with Crippen molar-refractivity contribution in [2.24, 2.45) is 0 Å². The first-order valence-electron chi connectivity index (χ1n) is 4.94. The topological polar surface area (TPSA) is 38.0 Å². The van der Waals surface area contributed by atoms with Gasteiger partial charge in [0.1, 0.15) is 5.82 Å². The molecule has 0 saturated carbocycles. The van der Waals surface area contributed by atoms with E-state index in [1.807, 2.05) is 6.07 Å². The van der Waals surface area contributed by atoms with Crippen LogP contribution in [0.2, 0.25) is 5.02 Å². The second-order valence-electron chi connectivity index (χ2n) is 3.60. The van der Waals surface area contributed by atoms with Gasteiger partial charge in [-0.25, -0.2) is 4.39 Å². The molecule has 18 heavy (non-hydrogen) atoms. The highest BCUT2D eigenvalue weighted by Crippen LogP contribution is 2.33. The van der Waals surface area contributed by atoms with Crippen molar-refractivity contribution in [3.05, 3.63) is 50.1 Å². The summed E-state index contributed by atoms with van der Waals surface area (Å²) in [6.07, 6.45) is 0. The smallest absolute Gasteiger partial charge is 0.139 e. The standard InChI is InChI=1S/C12H8Br2ClFN2/c13-7-4-12(10(17)5-9(7)16)18-11-2-1-6(15)3-8(11)14/h1-5,18H,17H2. The summed E-state index contributed by atoms with van der Waals surface area (Å²) in [5.74, 6) is -0.395. The summed E-state index contributed by atoms with van der Waals surface area (Å²) < 4.78 is 14.4. The van der Waals surface area contributed by atoms with E-state index in [0.717, 1.165) is 10.2 Å². The van der Waals surface area contributed by atoms with E-state index in [2.05, 4.69) is 37.2 Å². The average molecular weight is 394 g/mol. The number of nitrogen functional groups attached to an aromatic ring is 1. The van der Waals surface area contributed by atoms with Crippen LogP contribution in [0.15, 0.2) is 39.3 Å². The van der Waals surface area contributed by atoms with Crippen LogP contribution >= 0.6 is 43.5 Å². The number of hydrogen-bond acceptors (Lipinski definition) is 2. The largest absolute Gasteiger partial charge is 0.397 e. The fourth-order valence-electron chi connectivity index (χ4n) is 1.41. The molecule has 0 aliphatic heterocycles. The van der Waals surface area contributed by atoms with Crippen LogP contribution < -0.4 is 11.1 Å². The summed E-state index contributed by atoms with van der Waals surface area (Å²) in [5, 5.41) is 3.73. The fraction of sp³-hybridized carbons (Fsp3) is 0. The Balaban J connectivity index is 2.37. The number of hydrogen-bond donors (Lipinski definition) is 2. The normalized spacial score (nSPS) is 10.4. The van der Waals surface area contributed by atoms with Crippen molar-refractivity contribution in [1.29, 1.82) is 0 Å². The van der Waals surface area contributed by atoms with Gasteiger partial charge in [-0.05, 0) is 56.1 Å². The van der Waals surface area contributed by atoms with Crippen molar-refractivity contribution in [2.45, 2.75) is 0 Å². The predicted octanol–water partition coefficient (Wildman–Crippen LogP) is 5.33. The van der Waals surface area contributed by atoms with Crippen molar-refractivity contribution >= 4 is 60.5 Å². The maximum absolute atomic E-state index is 13.2. The van der Waals surface area contributed by atoms with Crippen LogP contribution in [0.5, 0.6) is 0 Å². The van der Waals surface area contributed by atoms with Crippen molar-refractivity contribution in [1.82, 2.24) is 0 Å². The van der Waals surface area contributed by atoms with E-state index in [1.165, 1.54) is 6.07 Å². The van der Waals surface area contributed by atoms with Crippen LogP contribution in [0, 0.1) is 5.82 Å². The van der Waals surface area contributed by atoms with Crippen LogP contribution in [0.1, 0.15) is 0 Å². The third kappa shape index (κ3) is 2.96. The zero-order valence-electron chi connectivity index (χ0n) is 8.98.